The quantitative estimate of drug-likeness (QED) is 0.945. The Hall–Kier alpha value is -1.84. The molecule has 2 atom stereocenters. The topological polar surface area (TPSA) is 32.7 Å². The van der Waals surface area contributed by atoms with Gasteiger partial charge >= 0.3 is 0 Å². The van der Waals surface area contributed by atoms with E-state index in [4.69, 9.17) is 4.74 Å². The Labute approximate surface area is 137 Å². The molecule has 2 aliphatic rings. The van der Waals surface area contributed by atoms with Crippen molar-refractivity contribution in [1.29, 1.82) is 0 Å². The van der Waals surface area contributed by atoms with E-state index in [0.29, 0.717) is 0 Å². The Balaban J connectivity index is 1.36. The lowest BCUT2D eigenvalue weighted by molar-refractivity contribution is 0.0215. The summed E-state index contributed by atoms with van der Waals surface area (Å²) in [7, 11) is 0. The third-order valence-electron chi connectivity index (χ3n) is 5.16. The van der Waals surface area contributed by atoms with Gasteiger partial charge in [-0.2, -0.15) is 0 Å². The first kappa shape index (κ1) is 14.7. The van der Waals surface area contributed by atoms with E-state index in [1.807, 2.05) is 36.4 Å². The fourth-order valence-corrected chi connectivity index (χ4v) is 3.90. The molecule has 0 amide bonds. The van der Waals surface area contributed by atoms with Crippen molar-refractivity contribution in [2.24, 2.45) is 0 Å². The van der Waals surface area contributed by atoms with Crippen molar-refractivity contribution in [2.75, 3.05) is 13.1 Å². The molecule has 1 saturated heterocycles. The molecule has 23 heavy (non-hydrogen) atoms. The smallest absolute Gasteiger partial charge is 0.119 e. The van der Waals surface area contributed by atoms with Crippen LogP contribution in [0.3, 0.4) is 0 Å². The lowest BCUT2D eigenvalue weighted by Gasteiger charge is -2.37. The van der Waals surface area contributed by atoms with Gasteiger partial charge in [-0.15, -0.1) is 0 Å². The van der Waals surface area contributed by atoms with Gasteiger partial charge in [0.25, 0.3) is 0 Å². The minimum atomic E-state index is -0.349. The van der Waals surface area contributed by atoms with Crippen LogP contribution in [0.2, 0.25) is 0 Å². The number of nitrogens with zero attached hydrogens (tertiary/aromatic N) is 1. The van der Waals surface area contributed by atoms with Gasteiger partial charge in [0.1, 0.15) is 11.9 Å². The van der Waals surface area contributed by atoms with Gasteiger partial charge in [0, 0.05) is 19.1 Å². The molecule has 2 unspecified atom stereocenters. The Kier molecular flexibility index (Phi) is 4.06. The molecular weight excluding hydrogens is 286 g/mol. The molecule has 1 fully saturated rings. The average molecular weight is 309 g/mol. The average Bonchev–Trinajstić information content (AvgIpc) is 2.94. The van der Waals surface area contributed by atoms with Crippen molar-refractivity contribution in [3.63, 3.8) is 0 Å². The van der Waals surface area contributed by atoms with Crippen LogP contribution in [0.15, 0.2) is 54.6 Å². The summed E-state index contributed by atoms with van der Waals surface area (Å²) in [4.78, 5) is 2.44. The van der Waals surface area contributed by atoms with Crippen LogP contribution in [0.4, 0.5) is 0 Å². The lowest BCUT2D eigenvalue weighted by Crippen LogP contribution is -2.45. The summed E-state index contributed by atoms with van der Waals surface area (Å²) in [6, 6.07) is 18.6. The van der Waals surface area contributed by atoms with E-state index in [2.05, 4.69) is 23.1 Å². The summed E-state index contributed by atoms with van der Waals surface area (Å²) in [5.74, 6) is 0.958. The summed E-state index contributed by atoms with van der Waals surface area (Å²) in [6.07, 6.45) is 2.94. The van der Waals surface area contributed by atoms with Crippen molar-refractivity contribution in [3.8, 4) is 5.75 Å². The largest absolute Gasteiger partial charge is 0.490 e. The van der Waals surface area contributed by atoms with E-state index in [9.17, 15) is 5.11 Å². The molecule has 0 saturated carbocycles. The Morgan fingerprint density at radius 2 is 1.61 bits per heavy atom. The standard InChI is InChI=1S/C20H23NO2/c22-20-18-9-5-4-6-15(18)14-19(20)21-12-10-17(11-13-21)23-16-7-2-1-3-8-16/h1-9,17,19-20,22H,10-14H2. The highest BCUT2D eigenvalue weighted by Gasteiger charge is 2.36. The summed E-state index contributed by atoms with van der Waals surface area (Å²) >= 11 is 0. The van der Waals surface area contributed by atoms with E-state index in [0.717, 1.165) is 43.7 Å². The van der Waals surface area contributed by atoms with Crippen LogP contribution >= 0.6 is 0 Å². The maximum atomic E-state index is 10.6. The first-order chi connectivity index (χ1) is 11.3. The molecule has 1 aliphatic carbocycles. The van der Waals surface area contributed by atoms with Crippen LogP contribution in [0.1, 0.15) is 30.1 Å². The van der Waals surface area contributed by atoms with Gasteiger partial charge in [-0.3, -0.25) is 4.90 Å². The van der Waals surface area contributed by atoms with Crippen LogP contribution in [0.25, 0.3) is 0 Å². The molecule has 0 aromatic heterocycles. The second-order valence-electron chi connectivity index (χ2n) is 6.58. The highest BCUT2D eigenvalue weighted by atomic mass is 16.5. The summed E-state index contributed by atoms with van der Waals surface area (Å²) in [5, 5.41) is 10.6. The molecular formula is C20H23NO2. The third kappa shape index (κ3) is 2.99. The number of aliphatic hydroxyl groups excluding tert-OH is 1. The number of para-hydroxylation sites is 1. The lowest BCUT2D eigenvalue weighted by atomic mass is 10.0. The molecule has 4 rings (SSSR count). The SMILES string of the molecule is OC1c2ccccc2CC1N1CCC(Oc2ccccc2)CC1. The third-order valence-corrected chi connectivity index (χ3v) is 5.16. The molecule has 3 heteroatoms. The fourth-order valence-electron chi connectivity index (χ4n) is 3.90. The highest BCUT2D eigenvalue weighted by molar-refractivity contribution is 5.36. The van der Waals surface area contributed by atoms with Gasteiger partial charge in [0.15, 0.2) is 0 Å². The highest BCUT2D eigenvalue weighted by Crippen LogP contribution is 2.35. The molecule has 0 bridgehead atoms. The van der Waals surface area contributed by atoms with Crippen LogP contribution in [0, 0.1) is 0 Å². The van der Waals surface area contributed by atoms with Gasteiger partial charge in [0.2, 0.25) is 0 Å². The summed E-state index contributed by atoms with van der Waals surface area (Å²) in [5.41, 5.74) is 2.41. The zero-order valence-electron chi connectivity index (χ0n) is 13.3. The number of hydrogen-bond acceptors (Lipinski definition) is 3. The molecule has 0 spiro atoms. The van der Waals surface area contributed by atoms with Gasteiger partial charge in [0.05, 0.1) is 6.10 Å². The molecule has 1 N–H and O–H groups in total. The number of piperidine rings is 1. The van der Waals surface area contributed by atoms with E-state index >= 15 is 0 Å². The van der Waals surface area contributed by atoms with Crippen molar-refractivity contribution < 1.29 is 9.84 Å². The molecule has 2 aromatic carbocycles. The number of likely N-dealkylation sites (tertiary alicyclic amines) is 1. The Bertz CT molecular complexity index is 650. The van der Waals surface area contributed by atoms with E-state index in [-0.39, 0.29) is 18.2 Å². The van der Waals surface area contributed by atoms with Gasteiger partial charge in [-0.25, -0.2) is 0 Å². The first-order valence-corrected chi connectivity index (χ1v) is 8.53. The van der Waals surface area contributed by atoms with Crippen molar-refractivity contribution in [1.82, 2.24) is 4.90 Å². The van der Waals surface area contributed by atoms with Crippen molar-refractivity contribution in [3.05, 3.63) is 65.7 Å². The van der Waals surface area contributed by atoms with Crippen LogP contribution in [-0.4, -0.2) is 35.2 Å². The van der Waals surface area contributed by atoms with E-state index < -0.39 is 0 Å². The van der Waals surface area contributed by atoms with Gasteiger partial charge in [-0.1, -0.05) is 42.5 Å². The van der Waals surface area contributed by atoms with E-state index in [1.54, 1.807) is 0 Å². The van der Waals surface area contributed by atoms with Gasteiger partial charge in [-0.05, 0) is 42.5 Å². The zero-order valence-corrected chi connectivity index (χ0v) is 13.3. The number of aliphatic hydroxyl groups is 1. The monoisotopic (exact) mass is 309 g/mol. The van der Waals surface area contributed by atoms with Crippen LogP contribution in [-0.2, 0) is 6.42 Å². The van der Waals surface area contributed by atoms with Crippen molar-refractivity contribution >= 4 is 0 Å². The molecule has 2 aromatic rings. The summed E-state index contributed by atoms with van der Waals surface area (Å²) < 4.78 is 6.07. The van der Waals surface area contributed by atoms with E-state index in [1.165, 1.54) is 5.56 Å². The van der Waals surface area contributed by atoms with Crippen LogP contribution in [0.5, 0.6) is 5.75 Å². The Morgan fingerprint density at radius 3 is 2.35 bits per heavy atom. The van der Waals surface area contributed by atoms with Gasteiger partial charge < -0.3 is 9.84 Å². The number of hydrogen-bond donors (Lipinski definition) is 1. The number of ether oxygens (including phenoxy) is 1. The molecule has 3 nitrogen and oxygen atoms in total. The maximum Gasteiger partial charge on any atom is 0.119 e. The normalized spacial score (nSPS) is 25.3. The predicted octanol–water partition coefficient (Wildman–Crippen LogP) is 3.19. The summed E-state index contributed by atoms with van der Waals surface area (Å²) in [6.45, 7) is 1.99. The van der Waals surface area contributed by atoms with Crippen molar-refractivity contribution in [2.45, 2.75) is 37.5 Å². The fraction of sp³-hybridized carbons (Fsp3) is 0.400. The number of benzene rings is 2. The molecule has 1 heterocycles. The first-order valence-electron chi connectivity index (χ1n) is 8.53. The molecule has 1 aliphatic heterocycles. The Morgan fingerprint density at radius 1 is 0.913 bits per heavy atom. The number of rotatable bonds is 3. The predicted molar refractivity (Wildman–Crippen MR) is 90.6 cm³/mol. The molecule has 120 valence electrons. The van der Waals surface area contributed by atoms with Crippen LogP contribution < -0.4 is 4.74 Å². The maximum absolute atomic E-state index is 10.6. The minimum Gasteiger partial charge on any atom is -0.490 e. The second-order valence-corrected chi connectivity index (χ2v) is 6.58. The zero-order chi connectivity index (χ0) is 15.6. The molecule has 0 radical (unpaired) electrons. The second kappa shape index (κ2) is 6.34. The minimum absolute atomic E-state index is 0.227. The number of fused-ring (bicyclic) bond motifs is 1.